The van der Waals surface area contributed by atoms with E-state index in [-0.39, 0.29) is 6.03 Å². The summed E-state index contributed by atoms with van der Waals surface area (Å²) < 4.78 is 0. The number of aryl methyl sites for hydroxylation is 1. The van der Waals surface area contributed by atoms with Crippen LogP contribution in [0.25, 0.3) is 0 Å². The van der Waals surface area contributed by atoms with Crippen LogP contribution in [0.3, 0.4) is 0 Å². The fourth-order valence-corrected chi connectivity index (χ4v) is 1.80. The Labute approximate surface area is 113 Å². The third-order valence-electron chi connectivity index (χ3n) is 2.44. The Morgan fingerprint density at radius 2 is 2.00 bits per heavy atom. The standard InChI is InChI=1S/C14H17ClN2O/c1-4-9-17(10-5-2)14(18)16-13-11(3)7-6-8-12(13)15/h4-8H,1-2,9-10H2,3H3,(H,16,18). The molecule has 0 saturated carbocycles. The zero-order valence-corrected chi connectivity index (χ0v) is 11.2. The molecular weight excluding hydrogens is 248 g/mol. The number of urea groups is 1. The van der Waals surface area contributed by atoms with E-state index >= 15 is 0 Å². The fourth-order valence-electron chi connectivity index (χ4n) is 1.53. The highest BCUT2D eigenvalue weighted by Crippen LogP contribution is 2.25. The van der Waals surface area contributed by atoms with Gasteiger partial charge >= 0.3 is 6.03 Å². The maximum absolute atomic E-state index is 12.1. The van der Waals surface area contributed by atoms with Crippen LogP contribution < -0.4 is 5.32 Å². The SMILES string of the molecule is C=CCN(CC=C)C(=O)Nc1c(C)cccc1Cl. The molecule has 0 bridgehead atoms. The lowest BCUT2D eigenvalue weighted by atomic mass is 10.2. The molecule has 0 aliphatic carbocycles. The monoisotopic (exact) mass is 264 g/mol. The van der Waals surface area contributed by atoms with Crippen LogP contribution in [0.4, 0.5) is 10.5 Å². The summed E-state index contributed by atoms with van der Waals surface area (Å²) in [4.78, 5) is 13.6. The maximum Gasteiger partial charge on any atom is 0.322 e. The molecule has 1 rings (SSSR count). The lowest BCUT2D eigenvalue weighted by Gasteiger charge is -2.21. The first kappa shape index (κ1) is 14.3. The average Bonchev–Trinajstić information content (AvgIpc) is 2.33. The highest BCUT2D eigenvalue weighted by Gasteiger charge is 2.13. The third-order valence-corrected chi connectivity index (χ3v) is 2.76. The maximum atomic E-state index is 12.1. The van der Waals surface area contributed by atoms with E-state index in [1.54, 1.807) is 23.1 Å². The molecule has 4 heteroatoms. The van der Waals surface area contributed by atoms with Crippen molar-refractivity contribution in [2.75, 3.05) is 18.4 Å². The summed E-state index contributed by atoms with van der Waals surface area (Å²) >= 11 is 6.06. The van der Waals surface area contributed by atoms with E-state index in [0.29, 0.717) is 23.8 Å². The second-order valence-corrected chi connectivity index (χ2v) is 4.25. The van der Waals surface area contributed by atoms with Gasteiger partial charge in [0.2, 0.25) is 0 Å². The number of benzene rings is 1. The second kappa shape index (κ2) is 6.87. The highest BCUT2D eigenvalue weighted by atomic mass is 35.5. The van der Waals surface area contributed by atoms with E-state index in [2.05, 4.69) is 18.5 Å². The zero-order valence-electron chi connectivity index (χ0n) is 10.4. The van der Waals surface area contributed by atoms with Gasteiger partial charge in [-0.2, -0.15) is 0 Å². The number of nitrogens with zero attached hydrogens (tertiary/aromatic N) is 1. The van der Waals surface area contributed by atoms with Gasteiger partial charge in [-0.3, -0.25) is 0 Å². The van der Waals surface area contributed by atoms with E-state index < -0.39 is 0 Å². The minimum absolute atomic E-state index is 0.217. The molecule has 1 aromatic rings. The van der Waals surface area contributed by atoms with Gasteiger partial charge in [0.15, 0.2) is 0 Å². The minimum Gasteiger partial charge on any atom is -0.317 e. The molecule has 0 saturated heterocycles. The van der Waals surface area contributed by atoms with E-state index in [1.165, 1.54) is 0 Å². The molecule has 0 atom stereocenters. The molecule has 0 heterocycles. The van der Waals surface area contributed by atoms with Crippen LogP contribution in [0.15, 0.2) is 43.5 Å². The normalized spacial score (nSPS) is 9.67. The molecule has 96 valence electrons. The summed E-state index contributed by atoms with van der Waals surface area (Å²) in [7, 11) is 0. The third kappa shape index (κ3) is 3.64. The van der Waals surface area contributed by atoms with Crippen molar-refractivity contribution >= 4 is 23.3 Å². The molecule has 0 unspecified atom stereocenters. The van der Waals surface area contributed by atoms with E-state index in [0.717, 1.165) is 5.56 Å². The molecular formula is C14H17ClN2O. The van der Waals surface area contributed by atoms with Crippen LogP contribution in [-0.4, -0.2) is 24.0 Å². The number of amides is 2. The van der Waals surface area contributed by atoms with Gasteiger partial charge in [-0.1, -0.05) is 35.9 Å². The number of para-hydroxylation sites is 1. The zero-order chi connectivity index (χ0) is 13.5. The molecule has 0 aliphatic rings. The van der Waals surface area contributed by atoms with Gasteiger partial charge in [0.05, 0.1) is 10.7 Å². The van der Waals surface area contributed by atoms with Crippen LogP contribution in [-0.2, 0) is 0 Å². The number of halogens is 1. The van der Waals surface area contributed by atoms with Crippen LogP contribution in [0.1, 0.15) is 5.56 Å². The predicted molar refractivity (Wildman–Crippen MR) is 77.2 cm³/mol. The molecule has 2 amide bonds. The van der Waals surface area contributed by atoms with Gasteiger partial charge in [0.1, 0.15) is 0 Å². The van der Waals surface area contributed by atoms with Gasteiger partial charge in [-0.05, 0) is 18.6 Å². The van der Waals surface area contributed by atoms with Crippen molar-refractivity contribution < 1.29 is 4.79 Å². The Morgan fingerprint density at radius 3 is 2.50 bits per heavy atom. The van der Waals surface area contributed by atoms with Crippen LogP contribution in [0.5, 0.6) is 0 Å². The summed E-state index contributed by atoms with van der Waals surface area (Å²) in [5, 5.41) is 3.34. The molecule has 0 spiro atoms. The topological polar surface area (TPSA) is 32.3 Å². The van der Waals surface area contributed by atoms with Crippen molar-refractivity contribution in [1.29, 1.82) is 0 Å². The van der Waals surface area contributed by atoms with Crippen molar-refractivity contribution in [3.8, 4) is 0 Å². The molecule has 0 radical (unpaired) electrons. The van der Waals surface area contributed by atoms with Gasteiger partial charge in [-0.25, -0.2) is 4.79 Å². The van der Waals surface area contributed by atoms with Crippen molar-refractivity contribution in [3.63, 3.8) is 0 Å². The molecule has 0 aromatic heterocycles. The number of carbonyl (C=O) groups excluding carboxylic acids is 1. The van der Waals surface area contributed by atoms with Gasteiger partial charge < -0.3 is 10.2 Å². The lowest BCUT2D eigenvalue weighted by Crippen LogP contribution is -2.35. The molecule has 3 nitrogen and oxygen atoms in total. The van der Waals surface area contributed by atoms with Gasteiger partial charge in [-0.15, -0.1) is 13.2 Å². The first-order valence-corrected chi connectivity index (χ1v) is 6.00. The lowest BCUT2D eigenvalue weighted by molar-refractivity contribution is 0.222. The first-order chi connectivity index (χ1) is 8.60. The van der Waals surface area contributed by atoms with Crippen LogP contribution in [0, 0.1) is 6.92 Å². The Kier molecular flexibility index (Phi) is 5.46. The highest BCUT2D eigenvalue weighted by molar-refractivity contribution is 6.33. The fraction of sp³-hybridized carbons (Fsp3) is 0.214. The quantitative estimate of drug-likeness (QED) is 0.805. The van der Waals surface area contributed by atoms with Crippen LogP contribution in [0.2, 0.25) is 5.02 Å². The van der Waals surface area contributed by atoms with E-state index in [9.17, 15) is 4.79 Å². The summed E-state index contributed by atoms with van der Waals surface area (Å²) in [6.45, 7) is 10.1. The second-order valence-electron chi connectivity index (χ2n) is 3.84. The number of hydrogen-bond acceptors (Lipinski definition) is 1. The molecule has 1 N–H and O–H groups in total. The average molecular weight is 265 g/mol. The Morgan fingerprint density at radius 1 is 1.39 bits per heavy atom. The Balaban J connectivity index is 2.85. The molecule has 1 aromatic carbocycles. The molecule has 18 heavy (non-hydrogen) atoms. The number of anilines is 1. The first-order valence-electron chi connectivity index (χ1n) is 5.63. The number of nitrogens with one attached hydrogen (secondary N) is 1. The summed E-state index contributed by atoms with van der Waals surface area (Å²) in [6.07, 6.45) is 3.34. The van der Waals surface area contributed by atoms with Crippen molar-refractivity contribution in [1.82, 2.24) is 4.90 Å². The summed E-state index contributed by atoms with van der Waals surface area (Å²) in [5.74, 6) is 0. The van der Waals surface area contributed by atoms with E-state index in [4.69, 9.17) is 11.6 Å². The van der Waals surface area contributed by atoms with Gasteiger partial charge in [0.25, 0.3) is 0 Å². The smallest absolute Gasteiger partial charge is 0.317 e. The molecule has 0 aliphatic heterocycles. The molecule has 0 fully saturated rings. The van der Waals surface area contributed by atoms with Crippen molar-refractivity contribution in [2.24, 2.45) is 0 Å². The van der Waals surface area contributed by atoms with Gasteiger partial charge in [0, 0.05) is 13.1 Å². The van der Waals surface area contributed by atoms with Crippen molar-refractivity contribution in [2.45, 2.75) is 6.92 Å². The van der Waals surface area contributed by atoms with E-state index in [1.807, 2.05) is 19.1 Å². The predicted octanol–water partition coefficient (Wildman–Crippen LogP) is 3.85. The number of hydrogen-bond donors (Lipinski definition) is 1. The van der Waals surface area contributed by atoms with Crippen LogP contribution >= 0.6 is 11.6 Å². The van der Waals surface area contributed by atoms with Crippen molar-refractivity contribution in [3.05, 3.63) is 54.1 Å². The summed E-state index contributed by atoms with van der Waals surface area (Å²) in [5.41, 5.74) is 1.57. The number of carbonyl (C=O) groups is 1. The number of rotatable bonds is 5. The summed E-state index contributed by atoms with van der Waals surface area (Å²) in [6, 6.07) is 5.27. The largest absolute Gasteiger partial charge is 0.322 e. The Bertz CT molecular complexity index is 427. The minimum atomic E-state index is -0.217. The Hall–Kier alpha value is -1.74.